The number of hydrogen-bond donors (Lipinski definition) is 1. The molecule has 1 N–H and O–H groups in total. The maximum absolute atomic E-state index is 11.6. The Morgan fingerprint density at radius 3 is 2.18 bits per heavy atom. The summed E-state index contributed by atoms with van der Waals surface area (Å²) in [6, 6.07) is 4.22. The molecule has 1 heterocycles. The molecule has 0 fully saturated rings. The van der Waals surface area contributed by atoms with Crippen molar-refractivity contribution in [2.75, 3.05) is 0 Å². The molecule has 0 radical (unpaired) electrons. The van der Waals surface area contributed by atoms with Crippen molar-refractivity contribution in [3.05, 3.63) is 44.7 Å². The van der Waals surface area contributed by atoms with Gasteiger partial charge in [0.1, 0.15) is 0 Å². The van der Waals surface area contributed by atoms with Crippen molar-refractivity contribution in [1.29, 1.82) is 0 Å². The highest BCUT2D eigenvalue weighted by atomic mass is 80.9. The average Bonchev–Trinajstić information content (AvgIpc) is 2.31. The number of pyridine rings is 1. The van der Waals surface area contributed by atoms with Crippen molar-refractivity contribution in [3.8, 4) is 0 Å². The predicted octanol–water partition coefficient (Wildman–Crippen LogP) is 4.45. The van der Waals surface area contributed by atoms with Crippen LogP contribution in [0.1, 0.15) is 22.3 Å². The van der Waals surface area contributed by atoms with Crippen LogP contribution in [0.4, 0.5) is 0 Å². The minimum absolute atomic E-state index is 0.0203. The molecule has 0 spiro atoms. The zero-order valence-corrected chi connectivity index (χ0v) is 13.5. The van der Waals surface area contributed by atoms with Crippen LogP contribution in [0.2, 0.25) is 0 Å². The van der Waals surface area contributed by atoms with E-state index >= 15 is 0 Å². The fraction of sp³-hybridized carbons (Fsp3) is 0.308. The number of H-pyrrole nitrogens is 1. The number of rotatable bonds is 0. The molecule has 0 aliphatic heterocycles. The Bertz CT molecular complexity index is 602. The molecular weight excluding hydrogens is 346 g/mol. The van der Waals surface area contributed by atoms with Crippen molar-refractivity contribution in [2.24, 2.45) is 0 Å². The third kappa shape index (κ3) is 2.80. The van der Waals surface area contributed by atoms with Crippen LogP contribution < -0.4 is 5.56 Å². The first-order valence-corrected chi connectivity index (χ1v) is 8.97. The topological polar surface area (TPSA) is 32.9 Å². The fourth-order valence-electron chi connectivity index (χ4n) is 2.01. The molecule has 0 amide bonds. The highest BCUT2D eigenvalue weighted by molar-refractivity contribution is 9.93. The van der Waals surface area contributed by atoms with Crippen molar-refractivity contribution < 1.29 is 0 Å². The fourth-order valence-corrected chi connectivity index (χ4v) is 2.01. The second-order valence-corrected chi connectivity index (χ2v) is 4.21. The van der Waals surface area contributed by atoms with E-state index in [0.29, 0.717) is 0 Å². The van der Waals surface area contributed by atoms with E-state index in [2.05, 4.69) is 52.3 Å². The first kappa shape index (κ1) is 14.5. The summed E-state index contributed by atoms with van der Waals surface area (Å²) in [7, 11) is 0. The standard InChI is InChI=1S/C13H15NO.Br2/c1-7-5-8(2)12-11(6-7)9(3)10(4)13(15)14-12;1-2/h5-6H,1-4H3,(H,14,15);. The van der Waals surface area contributed by atoms with Crippen LogP contribution in [0.25, 0.3) is 10.9 Å². The van der Waals surface area contributed by atoms with E-state index in [-0.39, 0.29) is 5.56 Å². The molecule has 4 heteroatoms. The largest absolute Gasteiger partial charge is 0.321 e. The molecule has 2 aromatic rings. The number of aromatic nitrogens is 1. The minimum atomic E-state index is 0.0203. The van der Waals surface area contributed by atoms with E-state index in [1.54, 1.807) is 0 Å². The zero-order valence-electron chi connectivity index (χ0n) is 10.3. The molecule has 0 saturated heterocycles. The Morgan fingerprint density at radius 1 is 1.00 bits per heavy atom. The van der Waals surface area contributed by atoms with Gasteiger partial charge in [-0.2, -0.15) is 0 Å². The molecule has 0 bridgehead atoms. The van der Waals surface area contributed by atoms with Gasteiger partial charge >= 0.3 is 0 Å². The third-order valence-electron chi connectivity index (χ3n) is 3.03. The molecule has 1 aromatic heterocycles. The van der Waals surface area contributed by atoms with Crippen molar-refractivity contribution >= 4 is 39.2 Å². The van der Waals surface area contributed by atoms with E-state index in [4.69, 9.17) is 0 Å². The Balaban J connectivity index is 0.000000686. The summed E-state index contributed by atoms with van der Waals surface area (Å²) >= 11 is 5.50. The Labute approximate surface area is 116 Å². The highest BCUT2D eigenvalue weighted by Gasteiger charge is 2.07. The van der Waals surface area contributed by atoms with Gasteiger partial charge in [0.15, 0.2) is 0 Å². The normalized spacial score (nSPS) is 10.0. The van der Waals surface area contributed by atoms with E-state index in [0.717, 1.165) is 27.6 Å². The SMILES string of the molecule is BrBr.Cc1cc(C)c2[nH]c(=O)c(C)c(C)c2c1. The summed E-state index contributed by atoms with van der Waals surface area (Å²) in [5, 5.41) is 1.16. The van der Waals surface area contributed by atoms with Gasteiger partial charge in [-0.25, -0.2) is 0 Å². The van der Waals surface area contributed by atoms with Gasteiger partial charge in [0.25, 0.3) is 5.56 Å². The number of nitrogens with one attached hydrogen (secondary N) is 1. The van der Waals surface area contributed by atoms with Crippen LogP contribution >= 0.6 is 28.3 Å². The maximum atomic E-state index is 11.6. The molecule has 1 aromatic carbocycles. The maximum Gasteiger partial charge on any atom is 0.251 e. The Morgan fingerprint density at radius 2 is 1.59 bits per heavy atom. The number of aromatic amines is 1. The second-order valence-electron chi connectivity index (χ2n) is 4.21. The molecule has 0 saturated carbocycles. The summed E-state index contributed by atoms with van der Waals surface area (Å²) in [6.07, 6.45) is 0. The third-order valence-corrected chi connectivity index (χ3v) is 3.03. The van der Waals surface area contributed by atoms with Gasteiger partial charge in [-0.3, -0.25) is 4.79 Å². The molecular formula is C13H15Br2NO. The number of aryl methyl sites for hydroxylation is 3. The van der Waals surface area contributed by atoms with E-state index in [1.807, 2.05) is 20.8 Å². The summed E-state index contributed by atoms with van der Waals surface area (Å²) in [5.41, 5.74) is 5.24. The highest BCUT2D eigenvalue weighted by Crippen LogP contribution is 2.21. The Hall–Kier alpha value is -0.610. The molecule has 17 heavy (non-hydrogen) atoms. The van der Waals surface area contributed by atoms with Crippen LogP contribution in [0.15, 0.2) is 16.9 Å². The molecule has 0 aliphatic carbocycles. The van der Waals surface area contributed by atoms with Gasteiger partial charge in [-0.05, 0) is 44.9 Å². The van der Waals surface area contributed by atoms with Gasteiger partial charge in [0, 0.05) is 39.2 Å². The summed E-state index contributed by atoms with van der Waals surface area (Å²) < 4.78 is 0. The molecule has 92 valence electrons. The summed E-state index contributed by atoms with van der Waals surface area (Å²) in [5.74, 6) is 0. The van der Waals surface area contributed by atoms with Gasteiger partial charge in [-0.1, -0.05) is 11.6 Å². The number of fused-ring (bicyclic) bond motifs is 1. The van der Waals surface area contributed by atoms with Crippen molar-refractivity contribution in [1.82, 2.24) is 4.98 Å². The lowest BCUT2D eigenvalue weighted by atomic mass is 10.0. The van der Waals surface area contributed by atoms with E-state index in [9.17, 15) is 4.79 Å². The molecule has 2 rings (SSSR count). The van der Waals surface area contributed by atoms with Crippen molar-refractivity contribution in [3.63, 3.8) is 0 Å². The van der Waals surface area contributed by atoms with Gasteiger partial charge in [-0.15, -0.1) is 0 Å². The smallest absolute Gasteiger partial charge is 0.251 e. The molecule has 0 unspecified atom stereocenters. The lowest BCUT2D eigenvalue weighted by Crippen LogP contribution is -2.12. The quantitative estimate of drug-likeness (QED) is 0.739. The number of hydrogen-bond acceptors (Lipinski definition) is 1. The first-order chi connectivity index (χ1) is 8.00. The first-order valence-electron chi connectivity index (χ1n) is 5.25. The molecule has 0 atom stereocenters. The molecule has 0 aliphatic rings. The van der Waals surface area contributed by atoms with E-state index in [1.165, 1.54) is 5.56 Å². The summed E-state index contributed by atoms with van der Waals surface area (Å²) in [4.78, 5) is 14.6. The van der Waals surface area contributed by atoms with Crippen LogP contribution in [0.5, 0.6) is 0 Å². The van der Waals surface area contributed by atoms with Crippen LogP contribution in [-0.4, -0.2) is 4.98 Å². The lowest BCUT2D eigenvalue weighted by Gasteiger charge is -2.08. The number of halogens is 2. The molecule has 2 nitrogen and oxygen atoms in total. The number of benzene rings is 1. The van der Waals surface area contributed by atoms with Crippen LogP contribution in [-0.2, 0) is 0 Å². The predicted molar refractivity (Wildman–Crippen MR) is 81.4 cm³/mol. The van der Waals surface area contributed by atoms with Gasteiger partial charge in [0.05, 0.1) is 5.52 Å². The Kier molecular flexibility index (Phi) is 4.95. The second kappa shape index (κ2) is 5.83. The minimum Gasteiger partial charge on any atom is -0.321 e. The lowest BCUT2D eigenvalue weighted by molar-refractivity contribution is 1.18. The van der Waals surface area contributed by atoms with Gasteiger partial charge < -0.3 is 4.98 Å². The monoisotopic (exact) mass is 359 g/mol. The zero-order chi connectivity index (χ0) is 13.2. The van der Waals surface area contributed by atoms with Crippen molar-refractivity contribution in [2.45, 2.75) is 27.7 Å². The average molecular weight is 361 g/mol. The van der Waals surface area contributed by atoms with Gasteiger partial charge in [0.2, 0.25) is 0 Å². The van der Waals surface area contributed by atoms with Crippen LogP contribution in [0, 0.1) is 27.7 Å². The van der Waals surface area contributed by atoms with Crippen LogP contribution in [0.3, 0.4) is 0 Å². The van der Waals surface area contributed by atoms with E-state index < -0.39 is 0 Å². The summed E-state index contributed by atoms with van der Waals surface area (Å²) in [6.45, 7) is 7.98.